The quantitative estimate of drug-likeness (QED) is 0.290. The first-order valence-electron chi connectivity index (χ1n) is 4.12. The standard InChI is InChI=1S/C10H16O3/c1-5-9(10(11)12-4)13-7-6-8(2)3/h5-6H,7H2,1-4H3/b9-5+. The topological polar surface area (TPSA) is 35.5 Å². The molecule has 0 radical (unpaired) electrons. The number of hydrogen-bond donors (Lipinski definition) is 0. The summed E-state index contributed by atoms with van der Waals surface area (Å²) in [6.07, 6.45) is 3.48. The van der Waals surface area contributed by atoms with E-state index < -0.39 is 5.97 Å². The Hall–Kier alpha value is -1.25. The van der Waals surface area contributed by atoms with Crippen LogP contribution in [0.2, 0.25) is 0 Å². The van der Waals surface area contributed by atoms with Gasteiger partial charge in [0.2, 0.25) is 5.76 Å². The third-order valence-electron chi connectivity index (χ3n) is 1.38. The number of esters is 1. The SMILES string of the molecule is C/C=C(/OCC=C(C)C)C(=O)OC. The van der Waals surface area contributed by atoms with Crippen molar-refractivity contribution >= 4 is 5.97 Å². The molecule has 0 N–H and O–H groups in total. The minimum atomic E-state index is -0.440. The Morgan fingerprint density at radius 2 is 2.00 bits per heavy atom. The maximum absolute atomic E-state index is 11.0. The lowest BCUT2D eigenvalue weighted by Gasteiger charge is -2.05. The predicted octanol–water partition coefficient (Wildman–Crippen LogP) is 2.05. The van der Waals surface area contributed by atoms with Gasteiger partial charge in [0.15, 0.2) is 0 Å². The third kappa shape index (κ3) is 5.06. The van der Waals surface area contributed by atoms with Gasteiger partial charge >= 0.3 is 5.97 Å². The van der Waals surface area contributed by atoms with E-state index in [-0.39, 0.29) is 5.76 Å². The molecule has 0 aliphatic carbocycles. The molecule has 0 saturated heterocycles. The van der Waals surface area contributed by atoms with Crippen LogP contribution in [0.5, 0.6) is 0 Å². The molecule has 0 fully saturated rings. The lowest BCUT2D eigenvalue weighted by molar-refractivity contribution is -0.139. The van der Waals surface area contributed by atoms with E-state index in [1.807, 2.05) is 19.9 Å². The van der Waals surface area contributed by atoms with Crippen LogP contribution in [0.3, 0.4) is 0 Å². The molecule has 0 aliphatic rings. The van der Waals surface area contributed by atoms with Crippen LogP contribution in [-0.2, 0) is 14.3 Å². The molecular formula is C10H16O3. The van der Waals surface area contributed by atoms with E-state index in [0.29, 0.717) is 6.61 Å². The Morgan fingerprint density at radius 1 is 1.38 bits per heavy atom. The molecule has 0 aromatic heterocycles. The zero-order chi connectivity index (χ0) is 10.3. The molecule has 0 amide bonds. The summed E-state index contributed by atoms with van der Waals surface area (Å²) < 4.78 is 9.67. The van der Waals surface area contributed by atoms with Gasteiger partial charge < -0.3 is 9.47 Å². The van der Waals surface area contributed by atoms with Gasteiger partial charge in [-0.15, -0.1) is 0 Å². The van der Waals surface area contributed by atoms with Gasteiger partial charge in [0, 0.05) is 0 Å². The fourth-order valence-corrected chi connectivity index (χ4v) is 0.659. The maximum Gasteiger partial charge on any atom is 0.372 e. The van der Waals surface area contributed by atoms with Gasteiger partial charge in [-0.3, -0.25) is 0 Å². The highest BCUT2D eigenvalue weighted by atomic mass is 16.6. The zero-order valence-electron chi connectivity index (χ0n) is 8.59. The van der Waals surface area contributed by atoms with E-state index in [0.717, 1.165) is 5.57 Å². The molecule has 3 nitrogen and oxygen atoms in total. The van der Waals surface area contributed by atoms with Crippen LogP contribution in [0.15, 0.2) is 23.5 Å². The summed E-state index contributed by atoms with van der Waals surface area (Å²) >= 11 is 0. The number of carbonyl (C=O) groups is 1. The summed E-state index contributed by atoms with van der Waals surface area (Å²) in [5.74, 6) is -0.190. The van der Waals surface area contributed by atoms with Gasteiger partial charge in [-0.2, -0.15) is 0 Å². The molecule has 0 aliphatic heterocycles. The zero-order valence-corrected chi connectivity index (χ0v) is 8.59. The minimum Gasteiger partial charge on any atom is -0.483 e. The molecule has 0 bridgehead atoms. The van der Waals surface area contributed by atoms with Gasteiger partial charge in [-0.1, -0.05) is 5.57 Å². The molecule has 0 unspecified atom stereocenters. The number of allylic oxidation sites excluding steroid dienone is 2. The number of ether oxygens (including phenoxy) is 2. The normalized spacial score (nSPS) is 10.6. The van der Waals surface area contributed by atoms with Crippen molar-refractivity contribution in [2.75, 3.05) is 13.7 Å². The first-order valence-corrected chi connectivity index (χ1v) is 4.12. The fraction of sp³-hybridized carbons (Fsp3) is 0.500. The molecule has 74 valence electrons. The van der Waals surface area contributed by atoms with Gasteiger partial charge in [0.05, 0.1) is 7.11 Å². The van der Waals surface area contributed by atoms with Crippen molar-refractivity contribution < 1.29 is 14.3 Å². The molecule has 0 heterocycles. The summed E-state index contributed by atoms with van der Waals surface area (Å²) in [6.45, 7) is 6.07. The summed E-state index contributed by atoms with van der Waals surface area (Å²) in [7, 11) is 1.33. The third-order valence-corrected chi connectivity index (χ3v) is 1.38. The first kappa shape index (κ1) is 11.8. The molecular weight excluding hydrogens is 168 g/mol. The number of methoxy groups -OCH3 is 1. The smallest absolute Gasteiger partial charge is 0.372 e. The summed E-state index contributed by atoms with van der Waals surface area (Å²) in [5, 5.41) is 0. The van der Waals surface area contributed by atoms with Gasteiger partial charge in [0.25, 0.3) is 0 Å². The van der Waals surface area contributed by atoms with Crippen LogP contribution in [0.1, 0.15) is 20.8 Å². The first-order chi connectivity index (χ1) is 6.11. The maximum atomic E-state index is 11.0. The largest absolute Gasteiger partial charge is 0.483 e. The molecule has 0 spiro atoms. The average molecular weight is 184 g/mol. The highest BCUT2D eigenvalue weighted by molar-refractivity contribution is 5.85. The second kappa shape index (κ2) is 6.29. The molecule has 0 atom stereocenters. The van der Waals surface area contributed by atoms with Crippen LogP contribution >= 0.6 is 0 Å². The van der Waals surface area contributed by atoms with Crippen LogP contribution < -0.4 is 0 Å². The summed E-state index contributed by atoms with van der Waals surface area (Å²) in [4.78, 5) is 11.0. The number of carbonyl (C=O) groups excluding carboxylic acids is 1. The van der Waals surface area contributed by atoms with Gasteiger partial charge in [0.1, 0.15) is 6.61 Å². The van der Waals surface area contributed by atoms with E-state index >= 15 is 0 Å². The lowest BCUT2D eigenvalue weighted by atomic mass is 10.3. The Balaban J connectivity index is 4.02. The van der Waals surface area contributed by atoms with Crippen LogP contribution in [0, 0.1) is 0 Å². The fourth-order valence-electron chi connectivity index (χ4n) is 0.659. The van der Waals surface area contributed by atoms with E-state index in [1.165, 1.54) is 7.11 Å². The molecule has 0 aromatic rings. The average Bonchev–Trinajstić information content (AvgIpc) is 2.11. The van der Waals surface area contributed by atoms with Crippen molar-refractivity contribution in [3.8, 4) is 0 Å². The van der Waals surface area contributed by atoms with E-state index in [4.69, 9.17) is 4.74 Å². The molecule has 0 rings (SSSR count). The van der Waals surface area contributed by atoms with E-state index in [2.05, 4.69) is 4.74 Å². The second-order valence-corrected chi connectivity index (χ2v) is 2.74. The van der Waals surface area contributed by atoms with E-state index in [9.17, 15) is 4.79 Å². The van der Waals surface area contributed by atoms with Crippen molar-refractivity contribution in [1.82, 2.24) is 0 Å². The van der Waals surface area contributed by atoms with Crippen molar-refractivity contribution in [2.24, 2.45) is 0 Å². The second-order valence-electron chi connectivity index (χ2n) is 2.74. The van der Waals surface area contributed by atoms with Gasteiger partial charge in [-0.05, 0) is 32.9 Å². The molecule has 13 heavy (non-hydrogen) atoms. The van der Waals surface area contributed by atoms with Crippen LogP contribution in [0.25, 0.3) is 0 Å². The Labute approximate surface area is 79.0 Å². The Bertz CT molecular complexity index is 222. The molecule has 0 aromatic carbocycles. The van der Waals surface area contributed by atoms with Gasteiger partial charge in [-0.25, -0.2) is 4.79 Å². The number of rotatable bonds is 4. The molecule has 0 saturated carbocycles. The van der Waals surface area contributed by atoms with Crippen LogP contribution in [0.4, 0.5) is 0 Å². The monoisotopic (exact) mass is 184 g/mol. The van der Waals surface area contributed by atoms with Crippen molar-refractivity contribution in [1.29, 1.82) is 0 Å². The van der Waals surface area contributed by atoms with Crippen molar-refractivity contribution in [3.63, 3.8) is 0 Å². The Morgan fingerprint density at radius 3 is 2.38 bits per heavy atom. The highest BCUT2D eigenvalue weighted by Gasteiger charge is 2.07. The summed E-state index contributed by atoms with van der Waals surface area (Å²) in [6, 6.07) is 0. The Kier molecular flexibility index (Phi) is 5.68. The van der Waals surface area contributed by atoms with Crippen molar-refractivity contribution in [2.45, 2.75) is 20.8 Å². The van der Waals surface area contributed by atoms with Crippen molar-refractivity contribution in [3.05, 3.63) is 23.5 Å². The predicted molar refractivity (Wildman–Crippen MR) is 51.2 cm³/mol. The number of hydrogen-bond acceptors (Lipinski definition) is 3. The summed E-state index contributed by atoms with van der Waals surface area (Å²) in [5.41, 5.74) is 1.15. The van der Waals surface area contributed by atoms with E-state index in [1.54, 1.807) is 13.0 Å². The minimum absolute atomic E-state index is 0.250. The lowest BCUT2D eigenvalue weighted by Crippen LogP contribution is -2.08. The van der Waals surface area contributed by atoms with Crippen LogP contribution in [-0.4, -0.2) is 19.7 Å². The molecule has 3 heteroatoms. The highest BCUT2D eigenvalue weighted by Crippen LogP contribution is 2.00.